The van der Waals surface area contributed by atoms with Crippen LogP contribution in [0.4, 0.5) is 4.39 Å². The number of nitrogens with zero attached hydrogens (tertiary/aromatic N) is 5. The second kappa shape index (κ2) is 12.0. The summed E-state index contributed by atoms with van der Waals surface area (Å²) in [6, 6.07) is 7.98. The topological polar surface area (TPSA) is 84.5 Å². The van der Waals surface area contributed by atoms with Crippen molar-refractivity contribution < 1.29 is 9.18 Å². The Balaban J connectivity index is 1.55. The zero-order chi connectivity index (χ0) is 27.4. The Hall–Kier alpha value is -3.37. The maximum absolute atomic E-state index is 13.8. The highest BCUT2D eigenvalue weighted by Gasteiger charge is 2.20. The average Bonchev–Trinajstić information content (AvgIpc) is 3.44. The summed E-state index contributed by atoms with van der Waals surface area (Å²) < 4.78 is 16.9. The standard InChI is InChI=1S/C28H35FN6O2S/c1-6-33(7-2)13-9-10-18(3)30-25(36)16-23-17-38-28-31-20(5)26(27(37)34(23)28)24-14-19(4)35(32-24)22-12-8-11-21(29)15-22/h8,11-12,14-15,17-18H,6-7,9-10,13,16H2,1-5H3,(H,30,36)/t18-/m0/s1. The molecule has 0 spiro atoms. The van der Waals surface area contributed by atoms with E-state index in [-0.39, 0.29) is 29.7 Å². The molecule has 202 valence electrons. The summed E-state index contributed by atoms with van der Waals surface area (Å²) in [6.07, 6.45) is 1.99. The zero-order valence-electron chi connectivity index (χ0n) is 22.6. The van der Waals surface area contributed by atoms with E-state index in [4.69, 9.17) is 0 Å². The van der Waals surface area contributed by atoms with Crippen LogP contribution in [0.15, 0.2) is 40.5 Å². The number of benzene rings is 1. The van der Waals surface area contributed by atoms with Gasteiger partial charge in [-0.25, -0.2) is 14.1 Å². The Morgan fingerprint density at radius 2 is 1.97 bits per heavy atom. The van der Waals surface area contributed by atoms with Crippen LogP contribution < -0.4 is 10.9 Å². The molecule has 0 unspecified atom stereocenters. The van der Waals surface area contributed by atoms with Crippen LogP contribution in [-0.2, 0) is 11.2 Å². The number of thiazole rings is 1. The van der Waals surface area contributed by atoms with Crippen molar-refractivity contribution in [2.24, 2.45) is 0 Å². The molecule has 0 saturated carbocycles. The lowest BCUT2D eigenvalue weighted by atomic mass is 10.1. The van der Waals surface area contributed by atoms with Crippen LogP contribution in [0.5, 0.6) is 0 Å². The summed E-state index contributed by atoms with van der Waals surface area (Å²) >= 11 is 1.33. The molecule has 1 amide bonds. The van der Waals surface area contributed by atoms with E-state index in [1.54, 1.807) is 29.8 Å². The van der Waals surface area contributed by atoms with Crippen LogP contribution in [0, 0.1) is 19.7 Å². The predicted molar refractivity (Wildman–Crippen MR) is 150 cm³/mol. The molecule has 8 nitrogen and oxygen atoms in total. The van der Waals surface area contributed by atoms with Crippen molar-refractivity contribution in [2.75, 3.05) is 19.6 Å². The molecule has 4 rings (SSSR count). The molecule has 3 aromatic heterocycles. The molecular formula is C28H35FN6O2S. The van der Waals surface area contributed by atoms with Gasteiger partial charge in [0.2, 0.25) is 5.91 Å². The molecule has 38 heavy (non-hydrogen) atoms. The summed E-state index contributed by atoms with van der Waals surface area (Å²) in [4.78, 5) is 34.1. The van der Waals surface area contributed by atoms with Gasteiger partial charge in [-0.15, -0.1) is 11.3 Å². The van der Waals surface area contributed by atoms with Crippen molar-refractivity contribution in [1.29, 1.82) is 0 Å². The van der Waals surface area contributed by atoms with Gasteiger partial charge in [0, 0.05) is 22.8 Å². The van der Waals surface area contributed by atoms with Crippen LogP contribution in [-0.4, -0.2) is 55.6 Å². The van der Waals surface area contributed by atoms with Crippen LogP contribution in [0.25, 0.3) is 21.9 Å². The lowest BCUT2D eigenvalue weighted by Crippen LogP contribution is -2.35. The number of hydrogen-bond donors (Lipinski definition) is 1. The van der Waals surface area contributed by atoms with Gasteiger partial charge in [0.15, 0.2) is 4.96 Å². The van der Waals surface area contributed by atoms with Gasteiger partial charge in [0.05, 0.1) is 23.4 Å². The molecule has 1 aromatic carbocycles. The Morgan fingerprint density at radius 1 is 1.21 bits per heavy atom. The third kappa shape index (κ3) is 6.02. The fourth-order valence-electron chi connectivity index (χ4n) is 4.71. The lowest BCUT2D eigenvalue weighted by molar-refractivity contribution is -0.121. The van der Waals surface area contributed by atoms with Gasteiger partial charge < -0.3 is 10.2 Å². The first kappa shape index (κ1) is 27.7. The first-order valence-corrected chi connectivity index (χ1v) is 13.9. The maximum Gasteiger partial charge on any atom is 0.268 e. The van der Waals surface area contributed by atoms with E-state index in [1.807, 2.05) is 19.2 Å². The normalized spacial score (nSPS) is 12.4. The smallest absolute Gasteiger partial charge is 0.268 e. The minimum atomic E-state index is -0.363. The van der Waals surface area contributed by atoms with Gasteiger partial charge in [0.1, 0.15) is 11.5 Å². The zero-order valence-corrected chi connectivity index (χ0v) is 23.4. The first-order chi connectivity index (χ1) is 18.2. The largest absolute Gasteiger partial charge is 0.353 e. The van der Waals surface area contributed by atoms with E-state index < -0.39 is 0 Å². The molecule has 0 aliphatic carbocycles. The SMILES string of the molecule is CCN(CC)CCC[C@H](C)NC(=O)Cc1csc2nc(C)c(-c3cc(C)n(-c4cccc(F)c4)n3)c(=O)n12. The highest BCUT2D eigenvalue weighted by Crippen LogP contribution is 2.24. The van der Waals surface area contributed by atoms with Gasteiger partial charge in [-0.2, -0.15) is 5.10 Å². The first-order valence-electron chi connectivity index (χ1n) is 13.1. The number of nitrogens with one attached hydrogen (secondary N) is 1. The van der Waals surface area contributed by atoms with Crippen molar-refractivity contribution in [3.63, 3.8) is 0 Å². The summed E-state index contributed by atoms with van der Waals surface area (Å²) in [5.74, 6) is -0.488. The molecule has 0 aliphatic rings. The fraction of sp³-hybridized carbons (Fsp3) is 0.429. The molecule has 4 aromatic rings. The molecule has 0 saturated heterocycles. The molecule has 1 atom stereocenters. The molecule has 0 aliphatic heterocycles. The molecule has 0 fully saturated rings. The summed E-state index contributed by atoms with van der Waals surface area (Å²) in [7, 11) is 0. The quantitative estimate of drug-likeness (QED) is 0.303. The van der Waals surface area contributed by atoms with E-state index >= 15 is 0 Å². The van der Waals surface area contributed by atoms with Crippen molar-refractivity contribution in [3.05, 3.63) is 69.0 Å². The number of carbonyl (C=O) groups excluding carboxylic acids is 1. The Bertz CT molecular complexity index is 1490. The highest BCUT2D eigenvalue weighted by atomic mass is 32.1. The number of amides is 1. The van der Waals surface area contributed by atoms with Gasteiger partial charge >= 0.3 is 0 Å². The van der Waals surface area contributed by atoms with E-state index in [2.05, 4.69) is 34.1 Å². The van der Waals surface area contributed by atoms with E-state index in [0.717, 1.165) is 38.2 Å². The maximum atomic E-state index is 13.8. The van der Waals surface area contributed by atoms with Gasteiger partial charge in [-0.3, -0.25) is 14.0 Å². The van der Waals surface area contributed by atoms with E-state index in [1.165, 1.54) is 27.9 Å². The Morgan fingerprint density at radius 3 is 2.68 bits per heavy atom. The second-order valence-electron chi connectivity index (χ2n) is 9.60. The second-order valence-corrected chi connectivity index (χ2v) is 10.4. The third-order valence-corrected chi connectivity index (χ3v) is 7.65. The molecule has 0 bridgehead atoms. The van der Waals surface area contributed by atoms with Crippen LogP contribution in [0.3, 0.4) is 0 Å². The van der Waals surface area contributed by atoms with Crippen LogP contribution in [0.2, 0.25) is 0 Å². The number of aryl methyl sites for hydroxylation is 2. The number of carbonyl (C=O) groups is 1. The third-order valence-electron chi connectivity index (χ3n) is 6.77. The Kier molecular flexibility index (Phi) is 8.73. The number of fused-ring (bicyclic) bond motifs is 1. The summed E-state index contributed by atoms with van der Waals surface area (Å²) in [5, 5.41) is 9.49. The average molecular weight is 539 g/mol. The number of halogens is 1. The molecule has 1 N–H and O–H groups in total. The van der Waals surface area contributed by atoms with E-state index in [0.29, 0.717) is 33.3 Å². The van der Waals surface area contributed by atoms with Crippen LogP contribution >= 0.6 is 11.3 Å². The van der Waals surface area contributed by atoms with Gasteiger partial charge in [0.25, 0.3) is 5.56 Å². The molecule has 10 heteroatoms. The fourth-order valence-corrected chi connectivity index (χ4v) is 5.64. The minimum absolute atomic E-state index is 0.0466. The van der Waals surface area contributed by atoms with Crippen molar-refractivity contribution in [3.8, 4) is 16.9 Å². The predicted octanol–water partition coefficient (Wildman–Crippen LogP) is 4.53. The lowest BCUT2D eigenvalue weighted by Gasteiger charge is -2.19. The van der Waals surface area contributed by atoms with Crippen LogP contribution in [0.1, 0.15) is 50.7 Å². The van der Waals surface area contributed by atoms with Gasteiger partial charge in [-0.05, 0) is 77.5 Å². The Labute approximate surface area is 226 Å². The van der Waals surface area contributed by atoms with E-state index in [9.17, 15) is 14.0 Å². The van der Waals surface area contributed by atoms with Gasteiger partial charge in [-0.1, -0.05) is 19.9 Å². The number of aromatic nitrogens is 4. The molecular weight excluding hydrogens is 503 g/mol. The minimum Gasteiger partial charge on any atom is -0.353 e. The van der Waals surface area contributed by atoms with Crippen molar-refractivity contribution in [1.82, 2.24) is 29.4 Å². The summed E-state index contributed by atoms with van der Waals surface area (Å²) in [5.41, 5.74) is 3.03. The highest BCUT2D eigenvalue weighted by molar-refractivity contribution is 7.15. The summed E-state index contributed by atoms with van der Waals surface area (Å²) in [6.45, 7) is 13.0. The number of hydrogen-bond acceptors (Lipinski definition) is 6. The number of rotatable bonds is 11. The van der Waals surface area contributed by atoms with Crippen molar-refractivity contribution in [2.45, 2.75) is 59.9 Å². The molecule has 0 radical (unpaired) electrons. The monoisotopic (exact) mass is 538 g/mol. The molecule has 3 heterocycles. The van der Waals surface area contributed by atoms with Crippen molar-refractivity contribution >= 4 is 22.2 Å².